The second kappa shape index (κ2) is 6.71. The molecule has 0 unspecified atom stereocenters. The summed E-state index contributed by atoms with van der Waals surface area (Å²) in [5.74, 6) is 1.62. The van der Waals surface area contributed by atoms with E-state index in [1.807, 2.05) is 0 Å². The van der Waals surface area contributed by atoms with Crippen molar-refractivity contribution in [1.29, 1.82) is 0 Å². The lowest BCUT2D eigenvalue weighted by Gasteiger charge is -2.35. The maximum Gasteiger partial charge on any atom is 0.137 e. The zero-order valence-corrected chi connectivity index (χ0v) is 13.6. The molecule has 4 rings (SSSR count). The third-order valence-corrected chi connectivity index (χ3v) is 5.30. The maximum atomic E-state index is 4.32. The molecule has 5 nitrogen and oxygen atoms in total. The highest BCUT2D eigenvalue weighted by Gasteiger charge is 2.23. The second-order valence-electron chi connectivity index (χ2n) is 6.71. The van der Waals surface area contributed by atoms with Crippen LogP contribution in [0.4, 0.5) is 5.69 Å². The molecule has 0 bridgehead atoms. The van der Waals surface area contributed by atoms with E-state index in [0.29, 0.717) is 5.92 Å². The van der Waals surface area contributed by atoms with Crippen LogP contribution in [0.15, 0.2) is 30.6 Å². The first kappa shape index (κ1) is 14.7. The monoisotopic (exact) mass is 311 g/mol. The molecule has 0 radical (unpaired) electrons. The number of hydrogen-bond donors (Lipinski definition) is 1. The van der Waals surface area contributed by atoms with Crippen LogP contribution in [0.5, 0.6) is 0 Å². The van der Waals surface area contributed by atoms with E-state index in [4.69, 9.17) is 0 Å². The van der Waals surface area contributed by atoms with Crippen LogP contribution in [0.3, 0.4) is 0 Å². The van der Waals surface area contributed by atoms with E-state index in [0.717, 1.165) is 18.9 Å². The molecule has 0 amide bonds. The zero-order valence-electron chi connectivity index (χ0n) is 13.6. The lowest BCUT2D eigenvalue weighted by molar-refractivity contribution is 0.213. The molecule has 0 atom stereocenters. The first-order chi connectivity index (χ1) is 11.4. The molecular weight excluding hydrogens is 286 g/mol. The van der Waals surface area contributed by atoms with Crippen molar-refractivity contribution in [3.8, 4) is 0 Å². The number of anilines is 1. The normalized spacial score (nSPS) is 19.7. The highest BCUT2D eigenvalue weighted by atomic mass is 15.2. The second-order valence-corrected chi connectivity index (χ2v) is 6.71. The fraction of sp³-hybridized carbons (Fsp3) is 0.556. The van der Waals surface area contributed by atoms with Crippen molar-refractivity contribution in [2.45, 2.75) is 31.6 Å². The molecule has 3 heterocycles. The molecule has 23 heavy (non-hydrogen) atoms. The first-order valence-electron chi connectivity index (χ1n) is 8.80. The van der Waals surface area contributed by atoms with Crippen LogP contribution < -0.4 is 4.90 Å². The molecule has 5 heteroatoms. The predicted molar refractivity (Wildman–Crippen MR) is 91.8 cm³/mol. The Labute approximate surface area is 137 Å². The van der Waals surface area contributed by atoms with Gasteiger partial charge in [0.1, 0.15) is 12.2 Å². The predicted octanol–water partition coefficient (Wildman–Crippen LogP) is 2.44. The Hall–Kier alpha value is -1.88. The standard InChI is InChI=1S/C18H25N5/c1-2-6-17-15(4-1)5-3-9-23(17)13-12-22-10-7-16(8-11-22)18-19-14-20-21-18/h1-2,4,6,14,16H,3,5,7-13H2,(H,19,20,21). The number of aromatic nitrogens is 3. The van der Waals surface area contributed by atoms with E-state index in [-0.39, 0.29) is 0 Å². The number of hydrogen-bond acceptors (Lipinski definition) is 4. The van der Waals surface area contributed by atoms with Crippen LogP contribution in [0.1, 0.15) is 36.6 Å². The number of piperidine rings is 1. The number of nitrogens with one attached hydrogen (secondary N) is 1. The summed E-state index contributed by atoms with van der Waals surface area (Å²) in [6, 6.07) is 8.89. The van der Waals surface area contributed by atoms with E-state index in [1.165, 1.54) is 56.6 Å². The summed E-state index contributed by atoms with van der Waals surface area (Å²) >= 11 is 0. The fourth-order valence-corrected chi connectivity index (χ4v) is 3.95. The Balaban J connectivity index is 1.30. The quantitative estimate of drug-likeness (QED) is 0.942. The van der Waals surface area contributed by atoms with E-state index in [9.17, 15) is 0 Å². The molecule has 122 valence electrons. The third-order valence-electron chi connectivity index (χ3n) is 5.30. The van der Waals surface area contributed by atoms with E-state index in [2.05, 4.69) is 49.2 Å². The van der Waals surface area contributed by atoms with E-state index >= 15 is 0 Å². The van der Waals surface area contributed by atoms with Crippen molar-refractivity contribution in [1.82, 2.24) is 20.1 Å². The summed E-state index contributed by atoms with van der Waals surface area (Å²) in [5.41, 5.74) is 2.97. The van der Waals surface area contributed by atoms with Gasteiger partial charge in [0.15, 0.2) is 0 Å². The van der Waals surface area contributed by atoms with Crippen molar-refractivity contribution >= 4 is 5.69 Å². The smallest absolute Gasteiger partial charge is 0.137 e. The Morgan fingerprint density at radius 2 is 1.96 bits per heavy atom. The lowest BCUT2D eigenvalue weighted by atomic mass is 9.96. The van der Waals surface area contributed by atoms with Gasteiger partial charge in [0.25, 0.3) is 0 Å². The highest BCUT2D eigenvalue weighted by Crippen LogP contribution is 2.27. The van der Waals surface area contributed by atoms with Crippen molar-refractivity contribution in [2.75, 3.05) is 37.6 Å². The molecule has 0 aliphatic carbocycles. The summed E-state index contributed by atoms with van der Waals surface area (Å²) in [4.78, 5) is 9.49. The van der Waals surface area contributed by atoms with E-state index < -0.39 is 0 Å². The summed E-state index contributed by atoms with van der Waals surface area (Å²) in [5, 5.41) is 7.01. The minimum atomic E-state index is 0.560. The van der Waals surface area contributed by atoms with Gasteiger partial charge in [-0.3, -0.25) is 5.10 Å². The fourth-order valence-electron chi connectivity index (χ4n) is 3.95. The molecule has 0 spiro atoms. The molecule has 2 aliphatic rings. The van der Waals surface area contributed by atoms with Crippen LogP contribution in [-0.4, -0.2) is 52.8 Å². The van der Waals surface area contributed by atoms with Gasteiger partial charge in [0.2, 0.25) is 0 Å². The molecular formula is C18H25N5. The van der Waals surface area contributed by atoms with Gasteiger partial charge in [-0.05, 0) is 50.4 Å². The largest absolute Gasteiger partial charge is 0.370 e. The number of rotatable bonds is 4. The molecule has 2 aliphatic heterocycles. The van der Waals surface area contributed by atoms with Gasteiger partial charge in [-0.2, -0.15) is 5.10 Å². The highest BCUT2D eigenvalue weighted by molar-refractivity contribution is 5.55. The summed E-state index contributed by atoms with van der Waals surface area (Å²) in [6.45, 7) is 5.84. The molecule has 1 fully saturated rings. The summed E-state index contributed by atoms with van der Waals surface area (Å²) < 4.78 is 0. The number of benzene rings is 1. The van der Waals surface area contributed by atoms with Gasteiger partial charge < -0.3 is 9.80 Å². The van der Waals surface area contributed by atoms with Crippen LogP contribution >= 0.6 is 0 Å². The zero-order chi connectivity index (χ0) is 15.5. The van der Waals surface area contributed by atoms with Crippen molar-refractivity contribution in [3.63, 3.8) is 0 Å². The van der Waals surface area contributed by atoms with Crippen molar-refractivity contribution in [2.24, 2.45) is 0 Å². The number of aromatic amines is 1. The average Bonchev–Trinajstić information content (AvgIpc) is 3.15. The lowest BCUT2D eigenvalue weighted by Crippen LogP contribution is -2.41. The van der Waals surface area contributed by atoms with Gasteiger partial charge in [-0.1, -0.05) is 18.2 Å². The number of nitrogens with zero attached hydrogens (tertiary/aromatic N) is 4. The molecule has 1 aromatic heterocycles. The number of H-pyrrole nitrogens is 1. The molecule has 2 aromatic rings. The SMILES string of the molecule is c1ccc2c(c1)CCCN2CCN1CCC(c2ncn[nH]2)CC1. The molecule has 1 aromatic carbocycles. The summed E-state index contributed by atoms with van der Waals surface area (Å²) in [6.07, 6.45) is 6.51. The Bertz CT molecular complexity index is 616. The van der Waals surface area contributed by atoms with Gasteiger partial charge in [0, 0.05) is 31.2 Å². The Morgan fingerprint density at radius 1 is 1.09 bits per heavy atom. The van der Waals surface area contributed by atoms with Crippen LogP contribution in [0, 0.1) is 0 Å². The van der Waals surface area contributed by atoms with Crippen molar-refractivity contribution in [3.05, 3.63) is 42.0 Å². The van der Waals surface area contributed by atoms with Gasteiger partial charge in [-0.15, -0.1) is 0 Å². The minimum Gasteiger partial charge on any atom is -0.370 e. The molecule has 0 saturated carbocycles. The van der Waals surface area contributed by atoms with Crippen LogP contribution in [0.25, 0.3) is 0 Å². The summed E-state index contributed by atoms with van der Waals surface area (Å²) in [7, 11) is 0. The van der Waals surface area contributed by atoms with Gasteiger partial charge >= 0.3 is 0 Å². The number of para-hydroxylation sites is 1. The first-order valence-corrected chi connectivity index (χ1v) is 8.80. The van der Waals surface area contributed by atoms with E-state index in [1.54, 1.807) is 6.33 Å². The third kappa shape index (κ3) is 3.24. The number of aryl methyl sites for hydroxylation is 1. The van der Waals surface area contributed by atoms with Gasteiger partial charge in [-0.25, -0.2) is 4.98 Å². The number of likely N-dealkylation sites (tertiary alicyclic amines) is 1. The molecule has 1 saturated heterocycles. The van der Waals surface area contributed by atoms with Crippen molar-refractivity contribution < 1.29 is 0 Å². The molecule has 1 N–H and O–H groups in total. The number of fused-ring (bicyclic) bond motifs is 1. The van der Waals surface area contributed by atoms with Crippen LogP contribution in [-0.2, 0) is 6.42 Å². The minimum absolute atomic E-state index is 0.560. The maximum absolute atomic E-state index is 4.32. The van der Waals surface area contributed by atoms with Crippen LogP contribution in [0.2, 0.25) is 0 Å². The topological polar surface area (TPSA) is 48.1 Å². The average molecular weight is 311 g/mol. The Morgan fingerprint density at radius 3 is 2.78 bits per heavy atom. The van der Waals surface area contributed by atoms with Gasteiger partial charge in [0.05, 0.1) is 0 Å². The Kier molecular flexibility index (Phi) is 4.28.